The molecule has 202 valence electrons. The van der Waals surface area contributed by atoms with Crippen molar-refractivity contribution in [3.8, 4) is 5.75 Å². The topological polar surface area (TPSA) is 96.8 Å². The van der Waals surface area contributed by atoms with Crippen LogP contribution in [-0.4, -0.2) is 62.5 Å². The van der Waals surface area contributed by atoms with Gasteiger partial charge in [-0.1, -0.05) is 30.7 Å². The molecular weight excluding hydrogens is 494 g/mol. The zero-order valence-corrected chi connectivity index (χ0v) is 21.9. The Bertz CT molecular complexity index is 1370. The number of rotatable bonds is 8. The number of fused-ring (bicyclic) bond motifs is 1. The van der Waals surface area contributed by atoms with Gasteiger partial charge in [0.2, 0.25) is 11.8 Å². The first kappa shape index (κ1) is 25.3. The molecule has 6 rings (SSSR count). The lowest BCUT2D eigenvalue weighted by molar-refractivity contribution is -0.136. The number of carbonyl (C=O) groups is 3. The molecule has 2 unspecified atom stereocenters. The smallest absolute Gasteiger partial charge is 0.255 e. The van der Waals surface area contributed by atoms with Crippen molar-refractivity contribution in [3.63, 3.8) is 0 Å². The van der Waals surface area contributed by atoms with E-state index >= 15 is 0 Å². The van der Waals surface area contributed by atoms with Crippen LogP contribution in [0, 0.1) is 0 Å². The predicted molar refractivity (Wildman–Crippen MR) is 144 cm³/mol. The van der Waals surface area contributed by atoms with Crippen molar-refractivity contribution in [2.24, 2.45) is 0 Å². The van der Waals surface area contributed by atoms with Crippen molar-refractivity contribution in [2.45, 2.75) is 63.8 Å². The molecule has 2 atom stereocenters. The summed E-state index contributed by atoms with van der Waals surface area (Å²) >= 11 is 0. The maximum atomic E-state index is 13.0. The molecule has 4 heterocycles. The molecule has 3 amide bonds. The summed E-state index contributed by atoms with van der Waals surface area (Å²) in [6.07, 6.45) is 7.83. The summed E-state index contributed by atoms with van der Waals surface area (Å²) in [6, 6.07) is 15.9. The molecule has 2 fully saturated rings. The van der Waals surface area contributed by atoms with Crippen LogP contribution in [0.25, 0.3) is 0 Å². The van der Waals surface area contributed by atoms with Crippen molar-refractivity contribution < 1.29 is 19.1 Å². The fourth-order valence-corrected chi connectivity index (χ4v) is 5.93. The van der Waals surface area contributed by atoms with Crippen molar-refractivity contribution >= 4 is 17.7 Å². The summed E-state index contributed by atoms with van der Waals surface area (Å²) in [5, 5.41) is 6.67. The summed E-state index contributed by atoms with van der Waals surface area (Å²) < 4.78 is 8.21. The standard InChI is InChI=1S/C30H33N5O4/c36-28-11-10-27(29(37)32-28)35-19-23-16-25(8-9-26(23)30(35)38)39-20-24-7-1-2-13-33(24)17-21-5-3-6-22(15-21)18-34-14-4-12-31-34/h3-6,8-9,12,14-16,24,27H,1-2,7,10-11,13,17-20H2,(H,32,36,37). The van der Waals surface area contributed by atoms with Gasteiger partial charge in [0.25, 0.3) is 5.91 Å². The molecule has 39 heavy (non-hydrogen) atoms. The molecule has 9 heteroatoms. The highest BCUT2D eigenvalue weighted by Gasteiger charge is 2.39. The summed E-state index contributed by atoms with van der Waals surface area (Å²) in [5.74, 6) is -0.110. The molecule has 0 bridgehead atoms. The summed E-state index contributed by atoms with van der Waals surface area (Å²) in [5.41, 5.74) is 3.98. The number of amides is 3. The molecule has 0 saturated carbocycles. The SMILES string of the molecule is O=C1CCC(N2Cc3cc(OCC4CCCCN4Cc4cccc(Cn5cccn5)c4)ccc3C2=O)C(=O)N1. The van der Waals surface area contributed by atoms with E-state index in [0.717, 1.165) is 37.4 Å². The molecule has 2 aromatic carbocycles. The quantitative estimate of drug-likeness (QED) is 0.452. The van der Waals surface area contributed by atoms with E-state index in [0.29, 0.717) is 31.2 Å². The fourth-order valence-electron chi connectivity index (χ4n) is 5.93. The second-order valence-electron chi connectivity index (χ2n) is 10.7. The van der Waals surface area contributed by atoms with E-state index in [9.17, 15) is 14.4 Å². The molecule has 3 aromatic rings. The number of piperidine rings is 2. The maximum absolute atomic E-state index is 13.0. The number of nitrogens with zero attached hydrogens (tertiary/aromatic N) is 4. The number of likely N-dealkylation sites (tertiary alicyclic amines) is 1. The Labute approximate surface area is 227 Å². The first-order valence-corrected chi connectivity index (χ1v) is 13.7. The fraction of sp³-hybridized carbons (Fsp3) is 0.400. The van der Waals surface area contributed by atoms with Gasteiger partial charge in [0.1, 0.15) is 18.4 Å². The minimum Gasteiger partial charge on any atom is -0.492 e. The second kappa shape index (κ2) is 11.0. The maximum Gasteiger partial charge on any atom is 0.255 e. The molecule has 9 nitrogen and oxygen atoms in total. The Morgan fingerprint density at radius 2 is 1.85 bits per heavy atom. The Hall–Kier alpha value is -3.98. The number of nitrogens with one attached hydrogen (secondary N) is 1. The predicted octanol–water partition coefficient (Wildman–Crippen LogP) is 3.13. The number of aromatic nitrogens is 2. The van der Waals surface area contributed by atoms with Crippen LogP contribution < -0.4 is 10.1 Å². The second-order valence-corrected chi connectivity index (χ2v) is 10.7. The van der Waals surface area contributed by atoms with Crippen LogP contribution >= 0.6 is 0 Å². The van der Waals surface area contributed by atoms with Crippen LogP contribution in [0.5, 0.6) is 5.75 Å². The lowest BCUT2D eigenvalue weighted by atomic mass is 10.0. The van der Waals surface area contributed by atoms with E-state index in [1.165, 1.54) is 24.0 Å². The number of imide groups is 1. The molecule has 3 aliphatic heterocycles. The Balaban J connectivity index is 1.08. The lowest BCUT2D eigenvalue weighted by Gasteiger charge is -2.35. The number of hydrogen-bond donors (Lipinski definition) is 1. The van der Waals surface area contributed by atoms with E-state index in [-0.39, 0.29) is 18.2 Å². The van der Waals surface area contributed by atoms with Crippen molar-refractivity contribution in [2.75, 3.05) is 13.2 Å². The molecule has 0 radical (unpaired) electrons. The highest BCUT2D eigenvalue weighted by atomic mass is 16.5. The van der Waals surface area contributed by atoms with Crippen molar-refractivity contribution in [3.05, 3.63) is 83.2 Å². The Morgan fingerprint density at radius 3 is 2.67 bits per heavy atom. The van der Waals surface area contributed by atoms with Gasteiger partial charge in [-0.15, -0.1) is 0 Å². The third-order valence-corrected chi connectivity index (χ3v) is 7.97. The Kier molecular flexibility index (Phi) is 7.15. The van der Waals surface area contributed by atoms with Gasteiger partial charge in [-0.2, -0.15) is 5.10 Å². The zero-order chi connectivity index (χ0) is 26.8. The van der Waals surface area contributed by atoms with E-state index in [4.69, 9.17) is 4.74 Å². The Morgan fingerprint density at radius 1 is 0.974 bits per heavy atom. The van der Waals surface area contributed by atoms with Crippen LogP contribution in [0.1, 0.15) is 59.2 Å². The monoisotopic (exact) mass is 527 g/mol. The van der Waals surface area contributed by atoms with E-state index in [2.05, 4.69) is 39.6 Å². The molecule has 0 spiro atoms. The van der Waals surface area contributed by atoms with Crippen LogP contribution in [0.15, 0.2) is 60.9 Å². The summed E-state index contributed by atoms with van der Waals surface area (Å²) in [6.45, 7) is 3.60. The number of benzene rings is 2. The van der Waals surface area contributed by atoms with Gasteiger partial charge in [-0.3, -0.25) is 29.3 Å². The first-order valence-electron chi connectivity index (χ1n) is 13.7. The van der Waals surface area contributed by atoms with Gasteiger partial charge in [0, 0.05) is 43.5 Å². The van der Waals surface area contributed by atoms with Crippen LogP contribution in [0.2, 0.25) is 0 Å². The van der Waals surface area contributed by atoms with Crippen LogP contribution in [0.3, 0.4) is 0 Å². The largest absolute Gasteiger partial charge is 0.492 e. The van der Waals surface area contributed by atoms with Gasteiger partial charge >= 0.3 is 0 Å². The first-order chi connectivity index (χ1) is 19.0. The zero-order valence-electron chi connectivity index (χ0n) is 21.9. The van der Waals surface area contributed by atoms with Crippen molar-refractivity contribution in [1.29, 1.82) is 0 Å². The average Bonchev–Trinajstić information content (AvgIpc) is 3.56. The van der Waals surface area contributed by atoms with Crippen molar-refractivity contribution in [1.82, 2.24) is 24.9 Å². The normalized spacial score (nSPS) is 21.6. The minimum atomic E-state index is -0.610. The van der Waals surface area contributed by atoms with E-state index in [1.54, 1.807) is 17.2 Å². The molecule has 2 saturated heterocycles. The molecule has 0 aliphatic carbocycles. The highest BCUT2D eigenvalue weighted by Crippen LogP contribution is 2.30. The van der Waals surface area contributed by atoms with Gasteiger partial charge in [0.15, 0.2) is 0 Å². The summed E-state index contributed by atoms with van der Waals surface area (Å²) in [4.78, 5) is 40.9. The third-order valence-electron chi connectivity index (χ3n) is 7.97. The third kappa shape index (κ3) is 5.59. The van der Waals surface area contributed by atoms with Gasteiger partial charge in [-0.25, -0.2) is 0 Å². The molecule has 1 N–H and O–H groups in total. The number of hydrogen-bond acceptors (Lipinski definition) is 6. The van der Waals surface area contributed by atoms with Crippen LogP contribution in [0.4, 0.5) is 0 Å². The van der Waals surface area contributed by atoms with E-state index < -0.39 is 11.9 Å². The number of carbonyl (C=O) groups excluding carboxylic acids is 3. The highest BCUT2D eigenvalue weighted by molar-refractivity contribution is 6.05. The molecule has 3 aliphatic rings. The molecular formula is C30H33N5O4. The van der Waals surface area contributed by atoms with Crippen LogP contribution in [-0.2, 0) is 29.2 Å². The van der Waals surface area contributed by atoms with Gasteiger partial charge < -0.3 is 9.64 Å². The van der Waals surface area contributed by atoms with E-state index in [1.807, 2.05) is 29.1 Å². The lowest BCUT2D eigenvalue weighted by Crippen LogP contribution is -2.52. The van der Waals surface area contributed by atoms with Gasteiger partial charge in [0.05, 0.1) is 6.54 Å². The van der Waals surface area contributed by atoms with Gasteiger partial charge in [-0.05, 0) is 66.8 Å². The number of ether oxygens (including phenoxy) is 1. The molecule has 1 aromatic heterocycles. The average molecular weight is 528 g/mol. The summed E-state index contributed by atoms with van der Waals surface area (Å²) in [7, 11) is 0. The minimum absolute atomic E-state index is 0.167.